The highest BCUT2D eigenvalue weighted by molar-refractivity contribution is 5.37. The van der Waals surface area contributed by atoms with E-state index in [1.54, 1.807) is 31.5 Å². The van der Waals surface area contributed by atoms with Crippen LogP contribution < -0.4 is 5.73 Å². The van der Waals surface area contributed by atoms with E-state index in [1.807, 2.05) is 19.1 Å². The minimum atomic E-state index is -0.469. The topological polar surface area (TPSA) is 38.9 Å². The summed E-state index contributed by atoms with van der Waals surface area (Å²) in [5, 5.41) is 0. The normalized spacial score (nSPS) is 12.5. The summed E-state index contributed by atoms with van der Waals surface area (Å²) >= 11 is 0. The Balaban J connectivity index is 2.48. The molecule has 0 aliphatic carbocycles. The van der Waals surface area contributed by atoms with Crippen LogP contribution in [0.15, 0.2) is 36.7 Å². The van der Waals surface area contributed by atoms with Crippen molar-refractivity contribution in [3.63, 3.8) is 0 Å². The van der Waals surface area contributed by atoms with Crippen molar-refractivity contribution in [2.75, 3.05) is 0 Å². The fourth-order valence-electron chi connectivity index (χ4n) is 1.88. The molecule has 1 aromatic carbocycles. The molecule has 0 saturated heterocycles. The van der Waals surface area contributed by atoms with Crippen LogP contribution in [-0.4, -0.2) is 4.98 Å². The highest BCUT2D eigenvalue weighted by Crippen LogP contribution is 2.25. The highest BCUT2D eigenvalue weighted by atomic mass is 19.1. The van der Waals surface area contributed by atoms with Crippen LogP contribution in [0.1, 0.15) is 28.3 Å². The second-order valence-electron chi connectivity index (χ2n) is 4.19. The van der Waals surface area contributed by atoms with Gasteiger partial charge in [-0.05, 0) is 36.6 Å². The second-order valence-corrected chi connectivity index (χ2v) is 4.19. The van der Waals surface area contributed by atoms with Gasteiger partial charge in [-0.2, -0.15) is 0 Å². The number of halogens is 1. The molecule has 1 aromatic heterocycles. The van der Waals surface area contributed by atoms with Crippen molar-refractivity contribution in [3.8, 4) is 0 Å². The highest BCUT2D eigenvalue weighted by Gasteiger charge is 2.16. The van der Waals surface area contributed by atoms with E-state index in [2.05, 4.69) is 4.98 Å². The smallest absolute Gasteiger partial charge is 0.131 e. The first kappa shape index (κ1) is 11.7. The Kier molecular flexibility index (Phi) is 3.20. The molecular weight excluding hydrogens is 215 g/mol. The van der Waals surface area contributed by atoms with Gasteiger partial charge in [0.05, 0.1) is 6.04 Å². The van der Waals surface area contributed by atoms with Gasteiger partial charge >= 0.3 is 0 Å². The lowest BCUT2D eigenvalue weighted by Gasteiger charge is -2.16. The molecule has 2 aromatic rings. The van der Waals surface area contributed by atoms with E-state index < -0.39 is 6.04 Å². The monoisotopic (exact) mass is 230 g/mol. The zero-order valence-corrected chi connectivity index (χ0v) is 9.94. The molecule has 17 heavy (non-hydrogen) atoms. The summed E-state index contributed by atoms with van der Waals surface area (Å²) in [5.41, 5.74) is 9.11. The summed E-state index contributed by atoms with van der Waals surface area (Å²) < 4.78 is 14.0. The van der Waals surface area contributed by atoms with Crippen LogP contribution in [0.4, 0.5) is 4.39 Å². The molecule has 1 heterocycles. The quantitative estimate of drug-likeness (QED) is 0.861. The van der Waals surface area contributed by atoms with E-state index >= 15 is 0 Å². The lowest BCUT2D eigenvalue weighted by Crippen LogP contribution is -2.15. The van der Waals surface area contributed by atoms with E-state index in [-0.39, 0.29) is 5.82 Å². The van der Waals surface area contributed by atoms with Gasteiger partial charge in [-0.3, -0.25) is 4.98 Å². The maximum absolute atomic E-state index is 14.0. The first-order chi connectivity index (χ1) is 8.11. The number of nitrogens with two attached hydrogens (primary N) is 1. The van der Waals surface area contributed by atoms with Crippen LogP contribution in [0.3, 0.4) is 0 Å². The third-order valence-electron chi connectivity index (χ3n) is 2.97. The van der Waals surface area contributed by atoms with E-state index in [0.29, 0.717) is 11.1 Å². The van der Waals surface area contributed by atoms with Gasteiger partial charge in [0, 0.05) is 18.0 Å². The third-order valence-corrected chi connectivity index (χ3v) is 2.97. The van der Waals surface area contributed by atoms with Crippen LogP contribution in [0.5, 0.6) is 0 Å². The molecule has 0 aliphatic rings. The molecule has 0 bridgehead atoms. The lowest BCUT2D eigenvalue weighted by molar-refractivity contribution is 0.590. The van der Waals surface area contributed by atoms with Gasteiger partial charge in [-0.15, -0.1) is 0 Å². The van der Waals surface area contributed by atoms with Gasteiger partial charge < -0.3 is 5.73 Å². The predicted octanol–water partition coefficient (Wildman–Crippen LogP) is 2.89. The van der Waals surface area contributed by atoms with Crippen molar-refractivity contribution >= 4 is 0 Å². The molecule has 0 aliphatic heterocycles. The molecule has 0 amide bonds. The number of hydrogen-bond acceptors (Lipinski definition) is 2. The molecule has 1 unspecified atom stereocenters. The zero-order valence-electron chi connectivity index (χ0n) is 9.94. The first-order valence-electron chi connectivity index (χ1n) is 5.52. The number of nitrogens with zero attached hydrogens (tertiary/aromatic N) is 1. The second kappa shape index (κ2) is 4.63. The number of hydrogen-bond donors (Lipinski definition) is 1. The zero-order chi connectivity index (χ0) is 12.4. The van der Waals surface area contributed by atoms with Crippen molar-refractivity contribution in [2.45, 2.75) is 19.9 Å². The van der Waals surface area contributed by atoms with Gasteiger partial charge in [0.1, 0.15) is 5.82 Å². The largest absolute Gasteiger partial charge is 0.320 e. The minimum Gasteiger partial charge on any atom is -0.320 e. The van der Waals surface area contributed by atoms with Crippen LogP contribution in [0, 0.1) is 19.7 Å². The minimum absolute atomic E-state index is 0.233. The average Bonchev–Trinajstić information content (AvgIpc) is 2.32. The summed E-state index contributed by atoms with van der Waals surface area (Å²) in [6, 6.07) is 6.69. The molecule has 2 nitrogen and oxygen atoms in total. The van der Waals surface area contributed by atoms with E-state index in [1.165, 1.54) is 0 Å². The van der Waals surface area contributed by atoms with Gasteiger partial charge in [0.15, 0.2) is 0 Å². The maximum Gasteiger partial charge on any atom is 0.131 e. The fourth-order valence-corrected chi connectivity index (χ4v) is 1.88. The molecule has 88 valence electrons. The van der Waals surface area contributed by atoms with E-state index in [9.17, 15) is 4.39 Å². The average molecular weight is 230 g/mol. The van der Waals surface area contributed by atoms with Crippen molar-refractivity contribution in [3.05, 3.63) is 64.7 Å². The van der Waals surface area contributed by atoms with Crippen molar-refractivity contribution < 1.29 is 4.39 Å². The Bertz CT molecular complexity index is 537. The van der Waals surface area contributed by atoms with Crippen LogP contribution in [0.25, 0.3) is 0 Å². The molecule has 3 heteroatoms. The van der Waals surface area contributed by atoms with E-state index in [4.69, 9.17) is 5.73 Å². The number of pyridine rings is 1. The van der Waals surface area contributed by atoms with Crippen LogP contribution in [0.2, 0.25) is 0 Å². The summed E-state index contributed by atoms with van der Waals surface area (Å²) in [7, 11) is 0. The van der Waals surface area contributed by atoms with Gasteiger partial charge in [-0.25, -0.2) is 4.39 Å². The third kappa shape index (κ3) is 2.19. The Hall–Kier alpha value is -1.74. The van der Waals surface area contributed by atoms with E-state index in [0.717, 1.165) is 11.1 Å². The van der Waals surface area contributed by atoms with Gasteiger partial charge in [-0.1, -0.05) is 18.2 Å². The SMILES string of the molecule is Cc1ccncc1C(N)c1cccc(C)c1F. The Morgan fingerprint density at radius 1 is 1.12 bits per heavy atom. The van der Waals surface area contributed by atoms with Crippen LogP contribution >= 0.6 is 0 Å². The predicted molar refractivity (Wildman–Crippen MR) is 66.1 cm³/mol. The number of aryl methyl sites for hydroxylation is 2. The fraction of sp³-hybridized carbons (Fsp3) is 0.214. The molecule has 2 rings (SSSR count). The molecule has 0 spiro atoms. The van der Waals surface area contributed by atoms with Gasteiger partial charge in [0.25, 0.3) is 0 Å². The Labute approximate surface area is 100 Å². The summed E-state index contributed by atoms with van der Waals surface area (Å²) in [6.45, 7) is 3.69. The van der Waals surface area contributed by atoms with Crippen molar-refractivity contribution in [1.29, 1.82) is 0 Å². The van der Waals surface area contributed by atoms with Crippen LogP contribution in [-0.2, 0) is 0 Å². The summed E-state index contributed by atoms with van der Waals surface area (Å²) in [6.07, 6.45) is 3.40. The molecule has 0 fully saturated rings. The van der Waals surface area contributed by atoms with Crippen molar-refractivity contribution in [1.82, 2.24) is 4.98 Å². The molecule has 2 N–H and O–H groups in total. The Morgan fingerprint density at radius 3 is 2.59 bits per heavy atom. The van der Waals surface area contributed by atoms with Gasteiger partial charge in [0.2, 0.25) is 0 Å². The molecule has 0 radical (unpaired) electrons. The molecule has 0 saturated carbocycles. The summed E-state index contributed by atoms with van der Waals surface area (Å²) in [5.74, 6) is -0.233. The van der Waals surface area contributed by atoms with Crippen molar-refractivity contribution in [2.24, 2.45) is 5.73 Å². The standard InChI is InChI=1S/C14H15FN2/c1-9-6-7-17-8-12(9)14(16)11-5-3-4-10(2)13(11)15/h3-8,14H,16H2,1-2H3. The number of benzene rings is 1. The lowest BCUT2D eigenvalue weighted by atomic mass is 9.96. The molecular formula is C14H15FN2. The maximum atomic E-state index is 14.0. The Morgan fingerprint density at radius 2 is 1.88 bits per heavy atom. The number of rotatable bonds is 2. The number of aromatic nitrogens is 1. The first-order valence-corrected chi connectivity index (χ1v) is 5.52. The summed E-state index contributed by atoms with van der Waals surface area (Å²) in [4.78, 5) is 4.04. The molecule has 1 atom stereocenters.